The normalized spacial score (nSPS) is 13.6. The Bertz CT molecular complexity index is 157. The summed E-state index contributed by atoms with van der Waals surface area (Å²) in [5.41, 5.74) is 12.4. The number of methoxy groups -OCH3 is 1. The highest BCUT2D eigenvalue weighted by Gasteiger charge is 1.84. The fourth-order valence-corrected chi connectivity index (χ4v) is 0.665. The van der Waals surface area contributed by atoms with Crippen molar-refractivity contribution >= 4 is 0 Å². The van der Waals surface area contributed by atoms with Gasteiger partial charge in [-0.1, -0.05) is 6.08 Å². The van der Waals surface area contributed by atoms with Crippen LogP contribution in [0.3, 0.4) is 0 Å². The molecule has 0 amide bonds. The van der Waals surface area contributed by atoms with Gasteiger partial charge < -0.3 is 16.2 Å². The van der Waals surface area contributed by atoms with Crippen LogP contribution < -0.4 is 11.5 Å². The number of hydrogen-bond acceptors (Lipinski definition) is 3. The van der Waals surface area contributed by atoms with E-state index in [1.807, 2.05) is 6.08 Å². The summed E-state index contributed by atoms with van der Waals surface area (Å²) in [4.78, 5) is 0. The number of allylic oxidation sites excluding steroid dienone is 2. The molecule has 3 heteroatoms. The summed E-state index contributed by atoms with van der Waals surface area (Å²) in [5.74, 6) is 0. The molecule has 4 N–H and O–H groups in total. The lowest BCUT2D eigenvalue weighted by Crippen LogP contribution is -1.99. The van der Waals surface area contributed by atoms with Gasteiger partial charge in [-0.05, 0) is 19.4 Å². The molecule has 0 fully saturated rings. The molecule has 0 bridgehead atoms. The van der Waals surface area contributed by atoms with Gasteiger partial charge in [-0.2, -0.15) is 0 Å². The molecule has 0 saturated carbocycles. The van der Waals surface area contributed by atoms with E-state index in [2.05, 4.69) is 0 Å². The van der Waals surface area contributed by atoms with E-state index in [9.17, 15) is 0 Å². The highest BCUT2D eigenvalue weighted by molar-refractivity contribution is 5.17. The monoisotopic (exact) mass is 156 g/mol. The molecule has 0 aromatic rings. The summed E-state index contributed by atoms with van der Waals surface area (Å²) >= 11 is 0. The van der Waals surface area contributed by atoms with Crippen LogP contribution in [-0.4, -0.2) is 13.7 Å². The lowest BCUT2D eigenvalue weighted by molar-refractivity contribution is 0.204. The van der Waals surface area contributed by atoms with Crippen LogP contribution in [0, 0.1) is 0 Å². The van der Waals surface area contributed by atoms with Crippen molar-refractivity contribution in [2.24, 2.45) is 11.5 Å². The maximum atomic E-state index is 5.56. The lowest BCUT2D eigenvalue weighted by atomic mass is 10.3. The summed E-state index contributed by atoms with van der Waals surface area (Å²) in [6.07, 6.45) is 4.45. The van der Waals surface area contributed by atoms with Gasteiger partial charge in [-0.3, -0.25) is 0 Å². The average Bonchev–Trinajstić information content (AvgIpc) is 1.86. The number of rotatable bonds is 4. The fourth-order valence-electron chi connectivity index (χ4n) is 0.665. The Morgan fingerprint density at radius 3 is 2.55 bits per heavy atom. The Kier molecular flexibility index (Phi) is 5.29. The molecular formula is C8H16N2O. The van der Waals surface area contributed by atoms with E-state index >= 15 is 0 Å². The molecular weight excluding hydrogens is 140 g/mol. The Balaban J connectivity index is 3.72. The number of hydrogen-bond donors (Lipinski definition) is 2. The minimum atomic E-state index is 0.693. The van der Waals surface area contributed by atoms with Gasteiger partial charge in [0.25, 0.3) is 0 Å². The highest BCUT2D eigenvalue weighted by Crippen LogP contribution is 1.93. The van der Waals surface area contributed by atoms with E-state index < -0.39 is 0 Å². The third kappa shape index (κ3) is 6.93. The molecule has 0 aliphatic carbocycles. The van der Waals surface area contributed by atoms with Crippen molar-refractivity contribution in [2.75, 3.05) is 13.7 Å². The van der Waals surface area contributed by atoms with Gasteiger partial charge in [0.1, 0.15) is 0 Å². The van der Waals surface area contributed by atoms with Gasteiger partial charge >= 0.3 is 0 Å². The second kappa shape index (κ2) is 5.80. The van der Waals surface area contributed by atoms with E-state index in [0.717, 1.165) is 12.1 Å². The van der Waals surface area contributed by atoms with Crippen LogP contribution in [0.4, 0.5) is 0 Å². The standard InChI is InChI=1S/C8H16N2O/c1-7(9)6-8(10)4-3-5-11-2/h4,6H,3,5,9-10H2,1-2H3. The molecule has 11 heavy (non-hydrogen) atoms. The maximum absolute atomic E-state index is 5.56. The van der Waals surface area contributed by atoms with E-state index in [1.54, 1.807) is 20.1 Å². The zero-order valence-electron chi connectivity index (χ0n) is 7.13. The molecule has 0 aliphatic heterocycles. The van der Waals surface area contributed by atoms with Gasteiger partial charge in [0.15, 0.2) is 0 Å². The molecule has 0 aromatic heterocycles. The zero-order chi connectivity index (χ0) is 8.69. The molecule has 0 aliphatic rings. The first-order valence-electron chi connectivity index (χ1n) is 3.55. The van der Waals surface area contributed by atoms with Gasteiger partial charge in [-0.15, -0.1) is 0 Å². The van der Waals surface area contributed by atoms with Crippen LogP contribution in [0.2, 0.25) is 0 Å². The van der Waals surface area contributed by atoms with Gasteiger partial charge in [-0.25, -0.2) is 0 Å². The molecule has 0 saturated heterocycles. The first kappa shape index (κ1) is 10.0. The van der Waals surface area contributed by atoms with Crippen LogP contribution in [0.1, 0.15) is 13.3 Å². The number of ether oxygens (including phenoxy) is 1. The Morgan fingerprint density at radius 1 is 1.45 bits per heavy atom. The van der Waals surface area contributed by atoms with Gasteiger partial charge in [0, 0.05) is 25.1 Å². The summed E-state index contributed by atoms with van der Waals surface area (Å²) in [7, 11) is 1.66. The van der Waals surface area contributed by atoms with Crippen molar-refractivity contribution in [3.05, 3.63) is 23.5 Å². The van der Waals surface area contributed by atoms with Crippen LogP contribution in [-0.2, 0) is 4.74 Å². The fraction of sp³-hybridized carbons (Fsp3) is 0.500. The SMILES string of the molecule is COCCC=C(N)C=C(C)N. The van der Waals surface area contributed by atoms with Crippen LogP contribution in [0.25, 0.3) is 0 Å². The third-order valence-electron chi connectivity index (χ3n) is 1.10. The summed E-state index contributed by atoms with van der Waals surface area (Å²) in [5, 5.41) is 0. The Morgan fingerprint density at radius 2 is 2.09 bits per heavy atom. The van der Waals surface area contributed by atoms with Crippen LogP contribution in [0.5, 0.6) is 0 Å². The lowest BCUT2D eigenvalue weighted by Gasteiger charge is -1.95. The molecule has 0 aromatic carbocycles. The maximum Gasteiger partial charge on any atom is 0.0497 e. The molecule has 0 atom stereocenters. The third-order valence-corrected chi connectivity index (χ3v) is 1.10. The van der Waals surface area contributed by atoms with Gasteiger partial charge in [0.05, 0.1) is 0 Å². The molecule has 0 radical (unpaired) electrons. The van der Waals surface area contributed by atoms with E-state index in [1.165, 1.54) is 0 Å². The van der Waals surface area contributed by atoms with Crippen molar-refractivity contribution in [3.63, 3.8) is 0 Å². The Hall–Kier alpha value is -0.960. The number of nitrogens with two attached hydrogens (primary N) is 2. The van der Waals surface area contributed by atoms with E-state index in [0.29, 0.717) is 12.3 Å². The summed E-state index contributed by atoms with van der Waals surface area (Å²) < 4.78 is 4.85. The zero-order valence-corrected chi connectivity index (χ0v) is 7.13. The molecule has 0 rings (SSSR count). The van der Waals surface area contributed by atoms with Gasteiger partial charge in [0.2, 0.25) is 0 Å². The predicted molar refractivity (Wildman–Crippen MR) is 46.7 cm³/mol. The van der Waals surface area contributed by atoms with Crippen molar-refractivity contribution in [1.29, 1.82) is 0 Å². The molecule has 64 valence electrons. The minimum Gasteiger partial charge on any atom is -0.402 e. The molecule has 0 unspecified atom stereocenters. The largest absolute Gasteiger partial charge is 0.402 e. The first-order chi connectivity index (χ1) is 5.16. The highest BCUT2D eigenvalue weighted by atomic mass is 16.5. The quantitative estimate of drug-likeness (QED) is 0.466. The van der Waals surface area contributed by atoms with Crippen molar-refractivity contribution in [2.45, 2.75) is 13.3 Å². The van der Waals surface area contributed by atoms with Crippen LogP contribution >= 0.6 is 0 Å². The second-order valence-electron chi connectivity index (χ2n) is 2.37. The molecule has 3 nitrogen and oxygen atoms in total. The van der Waals surface area contributed by atoms with E-state index in [-0.39, 0.29) is 0 Å². The van der Waals surface area contributed by atoms with E-state index in [4.69, 9.17) is 16.2 Å². The summed E-state index contributed by atoms with van der Waals surface area (Å²) in [6.45, 7) is 2.50. The first-order valence-corrected chi connectivity index (χ1v) is 3.55. The van der Waals surface area contributed by atoms with Crippen LogP contribution in [0.15, 0.2) is 23.5 Å². The predicted octanol–water partition coefficient (Wildman–Crippen LogP) is 0.728. The minimum absolute atomic E-state index is 0.693. The van der Waals surface area contributed by atoms with Crippen molar-refractivity contribution in [1.82, 2.24) is 0 Å². The molecule has 0 spiro atoms. The molecule has 0 heterocycles. The van der Waals surface area contributed by atoms with Crippen molar-refractivity contribution in [3.8, 4) is 0 Å². The topological polar surface area (TPSA) is 61.3 Å². The summed E-state index contributed by atoms with van der Waals surface area (Å²) in [6, 6.07) is 0. The second-order valence-corrected chi connectivity index (χ2v) is 2.37. The Labute approximate surface area is 67.7 Å². The van der Waals surface area contributed by atoms with Crippen molar-refractivity contribution < 1.29 is 4.74 Å². The smallest absolute Gasteiger partial charge is 0.0497 e. The average molecular weight is 156 g/mol.